The van der Waals surface area contributed by atoms with Gasteiger partial charge in [-0.2, -0.15) is 0 Å². The lowest BCUT2D eigenvalue weighted by molar-refractivity contribution is -0.118. The van der Waals surface area contributed by atoms with E-state index < -0.39 is 0 Å². The Morgan fingerprint density at radius 3 is 3.21 bits per heavy atom. The zero-order valence-electron chi connectivity index (χ0n) is 11.2. The number of ether oxygens (including phenoxy) is 1. The van der Waals surface area contributed by atoms with Gasteiger partial charge in [-0.3, -0.25) is 4.79 Å². The predicted molar refractivity (Wildman–Crippen MR) is 74.2 cm³/mol. The lowest BCUT2D eigenvalue weighted by Crippen LogP contribution is -2.25. The second-order valence-corrected chi connectivity index (χ2v) is 5.44. The van der Waals surface area contributed by atoms with E-state index in [1.54, 1.807) is 0 Å². The van der Waals surface area contributed by atoms with E-state index in [-0.39, 0.29) is 12.5 Å². The number of carbonyl (C=O) groups is 1. The zero-order valence-corrected chi connectivity index (χ0v) is 11.2. The topological polar surface area (TPSA) is 50.4 Å². The van der Waals surface area contributed by atoms with Crippen molar-refractivity contribution in [1.29, 1.82) is 0 Å². The smallest absolute Gasteiger partial charge is 0.262 e. The van der Waals surface area contributed by atoms with Gasteiger partial charge in [0.25, 0.3) is 5.91 Å². The summed E-state index contributed by atoms with van der Waals surface area (Å²) in [5.41, 5.74) is 1.98. The van der Waals surface area contributed by atoms with E-state index >= 15 is 0 Å². The number of fused-ring (bicyclic) bond motifs is 1. The van der Waals surface area contributed by atoms with Gasteiger partial charge in [-0.1, -0.05) is 19.4 Å². The van der Waals surface area contributed by atoms with Crippen molar-refractivity contribution in [3.63, 3.8) is 0 Å². The first-order valence-electron chi connectivity index (χ1n) is 7.05. The minimum atomic E-state index is -0.0807. The summed E-state index contributed by atoms with van der Waals surface area (Å²) in [7, 11) is 0. The molecule has 2 atom stereocenters. The molecular weight excluding hydrogens is 240 g/mol. The molecule has 1 heterocycles. The molecule has 1 aliphatic heterocycles. The maximum Gasteiger partial charge on any atom is 0.262 e. The Labute approximate surface area is 113 Å². The van der Waals surface area contributed by atoms with E-state index in [2.05, 4.69) is 23.6 Å². The first-order valence-corrected chi connectivity index (χ1v) is 7.05. The maximum atomic E-state index is 11.3. The number of amides is 1. The third kappa shape index (κ3) is 2.89. The highest BCUT2D eigenvalue weighted by molar-refractivity contribution is 5.95. The van der Waals surface area contributed by atoms with Crippen LogP contribution < -0.4 is 15.4 Å². The van der Waals surface area contributed by atoms with Gasteiger partial charge in [0, 0.05) is 12.6 Å². The summed E-state index contributed by atoms with van der Waals surface area (Å²) in [5, 5.41) is 6.41. The van der Waals surface area contributed by atoms with Crippen LogP contribution in [0, 0.1) is 5.92 Å². The summed E-state index contributed by atoms with van der Waals surface area (Å²) < 4.78 is 5.35. The molecule has 1 aromatic carbocycles. The highest BCUT2D eigenvalue weighted by Crippen LogP contribution is 2.35. The van der Waals surface area contributed by atoms with Gasteiger partial charge in [-0.05, 0) is 36.5 Å². The van der Waals surface area contributed by atoms with Gasteiger partial charge in [0.1, 0.15) is 5.75 Å². The minimum Gasteiger partial charge on any atom is -0.482 e. The molecule has 0 aromatic heterocycles. The monoisotopic (exact) mass is 260 g/mol. The largest absolute Gasteiger partial charge is 0.482 e. The zero-order chi connectivity index (χ0) is 13.2. The molecule has 1 fully saturated rings. The van der Waals surface area contributed by atoms with Crippen molar-refractivity contribution in [2.45, 2.75) is 38.8 Å². The molecule has 2 aliphatic rings. The highest BCUT2D eigenvalue weighted by Gasteiger charge is 2.35. The van der Waals surface area contributed by atoms with Crippen LogP contribution in [0.2, 0.25) is 0 Å². The predicted octanol–water partition coefficient (Wildman–Crippen LogP) is 2.30. The van der Waals surface area contributed by atoms with Gasteiger partial charge < -0.3 is 15.4 Å². The molecule has 1 saturated carbocycles. The fourth-order valence-electron chi connectivity index (χ4n) is 2.68. The Hall–Kier alpha value is -1.55. The SMILES string of the molecule is CCCC1CC1NCc1ccc2c(c1)NC(=O)CO2. The summed E-state index contributed by atoms with van der Waals surface area (Å²) in [6.07, 6.45) is 3.90. The Bertz CT molecular complexity index is 487. The number of hydrogen-bond acceptors (Lipinski definition) is 3. The molecule has 2 N–H and O–H groups in total. The molecule has 3 rings (SSSR count). The standard InChI is InChI=1S/C15H20N2O2/c1-2-3-11-7-12(11)16-8-10-4-5-14-13(6-10)17-15(18)9-19-14/h4-6,11-12,16H,2-3,7-9H2,1H3,(H,17,18). The third-order valence-electron chi connectivity index (χ3n) is 3.83. The molecule has 0 radical (unpaired) electrons. The number of carbonyl (C=O) groups excluding carboxylic acids is 1. The third-order valence-corrected chi connectivity index (χ3v) is 3.83. The summed E-state index contributed by atoms with van der Waals surface area (Å²) in [6.45, 7) is 3.21. The average molecular weight is 260 g/mol. The molecule has 0 bridgehead atoms. The number of rotatable bonds is 5. The van der Waals surface area contributed by atoms with Crippen molar-refractivity contribution in [2.24, 2.45) is 5.92 Å². The van der Waals surface area contributed by atoms with Crippen LogP contribution in [-0.4, -0.2) is 18.6 Å². The van der Waals surface area contributed by atoms with Gasteiger partial charge in [-0.15, -0.1) is 0 Å². The molecule has 1 aliphatic carbocycles. The van der Waals surface area contributed by atoms with E-state index in [9.17, 15) is 4.79 Å². The highest BCUT2D eigenvalue weighted by atomic mass is 16.5. The van der Waals surface area contributed by atoms with Crippen LogP contribution in [-0.2, 0) is 11.3 Å². The van der Waals surface area contributed by atoms with Crippen LogP contribution in [0.15, 0.2) is 18.2 Å². The van der Waals surface area contributed by atoms with Crippen LogP contribution in [0.1, 0.15) is 31.7 Å². The van der Waals surface area contributed by atoms with Crippen molar-refractivity contribution < 1.29 is 9.53 Å². The van der Waals surface area contributed by atoms with Gasteiger partial charge in [0.15, 0.2) is 6.61 Å². The molecule has 1 amide bonds. The molecule has 102 valence electrons. The lowest BCUT2D eigenvalue weighted by Gasteiger charge is -2.18. The van der Waals surface area contributed by atoms with Crippen LogP contribution in [0.3, 0.4) is 0 Å². The molecule has 0 saturated heterocycles. The first kappa shape index (κ1) is 12.5. The van der Waals surface area contributed by atoms with Gasteiger partial charge >= 0.3 is 0 Å². The van der Waals surface area contributed by atoms with Gasteiger partial charge in [-0.25, -0.2) is 0 Å². The molecular formula is C15H20N2O2. The Morgan fingerprint density at radius 2 is 2.37 bits per heavy atom. The van der Waals surface area contributed by atoms with Crippen molar-refractivity contribution >= 4 is 11.6 Å². The van der Waals surface area contributed by atoms with Crippen molar-refractivity contribution in [3.05, 3.63) is 23.8 Å². The van der Waals surface area contributed by atoms with Crippen LogP contribution in [0.25, 0.3) is 0 Å². The quantitative estimate of drug-likeness (QED) is 0.854. The minimum absolute atomic E-state index is 0.0807. The molecule has 19 heavy (non-hydrogen) atoms. The molecule has 2 unspecified atom stereocenters. The van der Waals surface area contributed by atoms with Crippen molar-refractivity contribution in [1.82, 2.24) is 5.32 Å². The second-order valence-electron chi connectivity index (χ2n) is 5.44. The molecule has 4 heteroatoms. The van der Waals surface area contributed by atoms with Gasteiger partial charge in [0.2, 0.25) is 0 Å². The van der Waals surface area contributed by atoms with E-state index in [0.717, 1.165) is 23.9 Å². The second kappa shape index (κ2) is 5.21. The number of nitrogens with one attached hydrogen (secondary N) is 2. The van der Waals surface area contributed by atoms with E-state index in [1.807, 2.05) is 12.1 Å². The number of benzene rings is 1. The Balaban J connectivity index is 1.57. The normalized spacial score (nSPS) is 24.4. The summed E-state index contributed by atoms with van der Waals surface area (Å²) in [6, 6.07) is 6.67. The van der Waals surface area contributed by atoms with Crippen LogP contribution >= 0.6 is 0 Å². The fraction of sp³-hybridized carbons (Fsp3) is 0.533. The fourth-order valence-corrected chi connectivity index (χ4v) is 2.68. The number of anilines is 1. The lowest BCUT2D eigenvalue weighted by atomic mass is 10.1. The van der Waals surface area contributed by atoms with E-state index in [1.165, 1.54) is 24.8 Å². The summed E-state index contributed by atoms with van der Waals surface area (Å²) >= 11 is 0. The molecule has 1 aromatic rings. The Morgan fingerprint density at radius 1 is 1.47 bits per heavy atom. The van der Waals surface area contributed by atoms with E-state index in [0.29, 0.717) is 6.04 Å². The molecule has 4 nitrogen and oxygen atoms in total. The van der Waals surface area contributed by atoms with Crippen LogP contribution in [0.4, 0.5) is 5.69 Å². The van der Waals surface area contributed by atoms with Crippen molar-refractivity contribution in [3.8, 4) is 5.75 Å². The first-order chi connectivity index (χ1) is 9.26. The van der Waals surface area contributed by atoms with E-state index in [4.69, 9.17) is 4.74 Å². The summed E-state index contributed by atoms with van der Waals surface area (Å²) in [5.74, 6) is 1.55. The number of hydrogen-bond donors (Lipinski definition) is 2. The van der Waals surface area contributed by atoms with Crippen LogP contribution in [0.5, 0.6) is 5.75 Å². The molecule has 0 spiro atoms. The maximum absolute atomic E-state index is 11.3. The summed E-state index contributed by atoms with van der Waals surface area (Å²) in [4.78, 5) is 11.3. The van der Waals surface area contributed by atoms with Gasteiger partial charge in [0.05, 0.1) is 5.69 Å². The average Bonchev–Trinajstić information content (AvgIpc) is 3.15. The van der Waals surface area contributed by atoms with Crippen molar-refractivity contribution in [2.75, 3.05) is 11.9 Å². The Kier molecular flexibility index (Phi) is 3.42.